The first-order chi connectivity index (χ1) is 8.01. The van der Waals surface area contributed by atoms with Gasteiger partial charge in [-0.2, -0.15) is 0 Å². The summed E-state index contributed by atoms with van der Waals surface area (Å²) in [7, 11) is -1.10. The van der Waals surface area contributed by atoms with Crippen LogP contribution in [0.15, 0.2) is 47.3 Å². The van der Waals surface area contributed by atoms with Crippen LogP contribution in [-0.4, -0.2) is 8.07 Å². The van der Waals surface area contributed by atoms with Gasteiger partial charge in [-0.1, -0.05) is 62.6 Å². The van der Waals surface area contributed by atoms with Crippen LogP contribution in [0.3, 0.4) is 0 Å². The third-order valence-electron chi connectivity index (χ3n) is 2.69. The van der Waals surface area contributed by atoms with Crippen LogP contribution in [0.4, 0.5) is 0 Å². The fourth-order valence-corrected chi connectivity index (χ4v) is 2.25. The van der Waals surface area contributed by atoms with E-state index in [4.69, 9.17) is 0 Å². The Balaban J connectivity index is 2.63. The Hall–Kier alpha value is -1.04. The summed E-state index contributed by atoms with van der Waals surface area (Å²) in [4.78, 5) is 0. The van der Waals surface area contributed by atoms with Crippen molar-refractivity contribution in [2.45, 2.75) is 45.8 Å². The zero-order valence-corrected chi connectivity index (χ0v) is 12.6. The molecule has 0 atom stereocenters. The molecule has 0 spiro atoms. The Kier molecular flexibility index (Phi) is 5.47. The Labute approximate surface area is 107 Å². The highest BCUT2D eigenvalue weighted by molar-refractivity contribution is 6.80. The number of rotatable bonds is 5. The zero-order chi connectivity index (χ0) is 12.7. The predicted octanol–water partition coefficient (Wildman–Crippen LogP) is 4.99. The lowest BCUT2D eigenvalue weighted by Gasteiger charge is -2.07. The van der Waals surface area contributed by atoms with Crippen LogP contribution in [0.1, 0.15) is 25.3 Å². The van der Waals surface area contributed by atoms with Crippen molar-refractivity contribution in [1.29, 1.82) is 0 Å². The zero-order valence-electron chi connectivity index (χ0n) is 11.6. The lowest BCUT2D eigenvalue weighted by atomic mass is 10.0. The number of benzene rings is 1. The van der Waals surface area contributed by atoms with Gasteiger partial charge in [0.1, 0.15) is 0 Å². The fraction of sp³-hybridized carbons (Fsp3) is 0.438. The molecular formula is C16H24Si. The van der Waals surface area contributed by atoms with Crippen molar-refractivity contribution in [1.82, 2.24) is 0 Å². The summed E-state index contributed by atoms with van der Waals surface area (Å²) in [5, 5.41) is 0. The first kappa shape index (κ1) is 14.0. The Morgan fingerprint density at radius 2 is 1.82 bits per heavy atom. The van der Waals surface area contributed by atoms with E-state index in [0.29, 0.717) is 0 Å². The number of hydrogen-bond acceptors (Lipinski definition) is 0. The molecule has 0 fully saturated rings. The molecule has 17 heavy (non-hydrogen) atoms. The molecule has 1 aromatic rings. The first-order valence-electron chi connectivity index (χ1n) is 6.51. The summed E-state index contributed by atoms with van der Waals surface area (Å²) in [6.45, 7) is 9.28. The van der Waals surface area contributed by atoms with Crippen molar-refractivity contribution in [2.75, 3.05) is 0 Å². The third kappa shape index (κ3) is 6.30. The van der Waals surface area contributed by atoms with E-state index in [9.17, 15) is 0 Å². The standard InChI is InChI=1S/C16H24Si/c1-5-15(13-14-17(2,3)4)11-12-16-9-7-6-8-10-16/h6-10,14H,5,11-12H2,1-4H3. The van der Waals surface area contributed by atoms with Crippen LogP contribution in [0.2, 0.25) is 19.6 Å². The van der Waals surface area contributed by atoms with E-state index in [1.807, 2.05) is 0 Å². The molecule has 0 amide bonds. The average molecular weight is 244 g/mol. The van der Waals surface area contributed by atoms with Gasteiger partial charge < -0.3 is 0 Å². The van der Waals surface area contributed by atoms with Gasteiger partial charge in [0.05, 0.1) is 8.07 Å². The van der Waals surface area contributed by atoms with E-state index in [2.05, 4.69) is 68.3 Å². The summed E-state index contributed by atoms with van der Waals surface area (Å²) in [5.74, 6) is 0. The molecule has 0 aliphatic carbocycles. The quantitative estimate of drug-likeness (QED) is 0.506. The Bertz CT molecular complexity index is 389. The molecule has 0 radical (unpaired) electrons. The van der Waals surface area contributed by atoms with Crippen molar-refractivity contribution in [3.63, 3.8) is 0 Å². The van der Waals surface area contributed by atoms with Crippen LogP contribution in [0.5, 0.6) is 0 Å². The normalized spacial score (nSPS) is 10.8. The molecule has 0 aliphatic rings. The van der Waals surface area contributed by atoms with Gasteiger partial charge in [-0.3, -0.25) is 0 Å². The molecule has 1 aromatic carbocycles. The Morgan fingerprint density at radius 1 is 1.18 bits per heavy atom. The van der Waals surface area contributed by atoms with Gasteiger partial charge in [0.25, 0.3) is 0 Å². The van der Waals surface area contributed by atoms with Crippen LogP contribution >= 0.6 is 0 Å². The maximum atomic E-state index is 3.53. The van der Waals surface area contributed by atoms with Crippen molar-refractivity contribution in [2.24, 2.45) is 0 Å². The molecular weight excluding hydrogens is 220 g/mol. The molecule has 0 heterocycles. The molecule has 0 saturated heterocycles. The van der Waals surface area contributed by atoms with Gasteiger partial charge >= 0.3 is 0 Å². The molecule has 0 nitrogen and oxygen atoms in total. The smallest absolute Gasteiger partial charge is 0.0781 e. The molecule has 0 aliphatic heterocycles. The Morgan fingerprint density at radius 3 is 2.35 bits per heavy atom. The van der Waals surface area contributed by atoms with Crippen molar-refractivity contribution in [3.05, 3.63) is 52.9 Å². The summed E-state index contributed by atoms with van der Waals surface area (Å²) in [5.41, 5.74) is 8.74. The van der Waals surface area contributed by atoms with E-state index in [-0.39, 0.29) is 0 Å². The predicted molar refractivity (Wildman–Crippen MR) is 80.0 cm³/mol. The molecule has 0 saturated carbocycles. The monoisotopic (exact) mass is 244 g/mol. The minimum absolute atomic E-state index is 1.10. The SMILES string of the molecule is CCC(=C=C[Si](C)(C)C)CCc1ccccc1. The van der Waals surface area contributed by atoms with E-state index in [1.54, 1.807) is 0 Å². The second kappa shape index (κ2) is 6.63. The van der Waals surface area contributed by atoms with Gasteiger partial charge in [0.15, 0.2) is 0 Å². The molecule has 92 valence electrons. The second-order valence-electron chi connectivity index (χ2n) is 5.60. The maximum absolute atomic E-state index is 3.53. The van der Waals surface area contributed by atoms with Crippen LogP contribution < -0.4 is 0 Å². The largest absolute Gasteiger partial charge is 0.130 e. The topological polar surface area (TPSA) is 0 Å². The minimum Gasteiger partial charge on any atom is -0.130 e. The van der Waals surface area contributed by atoms with Gasteiger partial charge in [0, 0.05) is 0 Å². The second-order valence-corrected chi connectivity index (χ2v) is 10.6. The summed E-state index contributed by atoms with van der Waals surface area (Å²) in [6.07, 6.45) is 3.39. The summed E-state index contributed by atoms with van der Waals surface area (Å²) >= 11 is 0. The average Bonchev–Trinajstić information content (AvgIpc) is 2.29. The van der Waals surface area contributed by atoms with Crippen molar-refractivity contribution in [3.8, 4) is 0 Å². The third-order valence-corrected chi connectivity index (χ3v) is 3.70. The highest BCUT2D eigenvalue weighted by Crippen LogP contribution is 2.12. The fourth-order valence-electron chi connectivity index (χ4n) is 1.61. The highest BCUT2D eigenvalue weighted by Gasteiger charge is 2.06. The van der Waals surface area contributed by atoms with Gasteiger partial charge in [0.2, 0.25) is 0 Å². The van der Waals surface area contributed by atoms with E-state index in [0.717, 1.165) is 19.3 Å². The van der Waals surface area contributed by atoms with E-state index >= 15 is 0 Å². The van der Waals surface area contributed by atoms with E-state index < -0.39 is 8.07 Å². The van der Waals surface area contributed by atoms with Crippen molar-refractivity contribution < 1.29 is 0 Å². The van der Waals surface area contributed by atoms with Crippen LogP contribution in [0, 0.1) is 0 Å². The summed E-state index contributed by atoms with van der Waals surface area (Å²) < 4.78 is 0. The summed E-state index contributed by atoms with van der Waals surface area (Å²) in [6, 6.07) is 10.7. The van der Waals surface area contributed by atoms with Gasteiger partial charge in [-0.25, -0.2) is 0 Å². The maximum Gasteiger partial charge on any atom is 0.0781 e. The molecule has 0 aromatic heterocycles. The van der Waals surface area contributed by atoms with E-state index in [1.165, 1.54) is 11.1 Å². The lowest BCUT2D eigenvalue weighted by Crippen LogP contribution is -2.14. The van der Waals surface area contributed by atoms with Gasteiger partial charge in [-0.05, 0) is 30.4 Å². The highest BCUT2D eigenvalue weighted by atomic mass is 28.3. The molecule has 1 rings (SSSR count). The lowest BCUT2D eigenvalue weighted by molar-refractivity contribution is 0.888. The minimum atomic E-state index is -1.10. The molecule has 0 bridgehead atoms. The number of allylic oxidation sites excluding steroid dienone is 1. The van der Waals surface area contributed by atoms with Crippen molar-refractivity contribution >= 4 is 8.07 Å². The molecule has 1 heteroatoms. The van der Waals surface area contributed by atoms with Crippen LogP contribution in [-0.2, 0) is 6.42 Å². The number of aryl methyl sites for hydroxylation is 1. The van der Waals surface area contributed by atoms with Crippen LogP contribution in [0.25, 0.3) is 0 Å². The van der Waals surface area contributed by atoms with Gasteiger partial charge in [-0.15, -0.1) is 5.73 Å². The first-order valence-corrected chi connectivity index (χ1v) is 10.1. The molecule has 0 unspecified atom stereocenters. The number of hydrogen-bond donors (Lipinski definition) is 0. The molecule has 0 N–H and O–H groups in total.